The van der Waals surface area contributed by atoms with Crippen molar-refractivity contribution in [1.82, 2.24) is 9.13 Å². The van der Waals surface area contributed by atoms with Crippen LogP contribution in [0.4, 0.5) is 10.1 Å². The lowest BCUT2D eigenvalue weighted by atomic mass is 10.1. The molecule has 7 nitrogen and oxygen atoms in total. The largest absolute Gasteiger partial charge is 0.466 e. The van der Waals surface area contributed by atoms with Crippen molar-refractivity contribution in [3.8, 4) is 0 Å². The average molecular weight is 448 g/mol. The summed E-state index contributed by atoms with van der Waals surface area (Å²) in [5.74, 6) is -0.864. The molecule has 0 atom stereocenters. The molecule has 1 N–H and O–H groups in total. The lowest BCUT2D eigenvalue weighted by Crippen LogP contribution is -2.41. The summed E-state index contributed by atoms with van der Waals surface area (Å²) < 4.78 is 22.5. The van der Waals surface area contributed by atoms with Crippen molar-refractivity contribution >= 4 is 22.6 Å². The molecule has 1 aromatic carbocycles. The highest BCUT2D eigenvalue weighted by atomic mass is 19.1. The second-order valence-corrected chi connectivity index (χ2v) is 8.79. The fourth-order valence-electron chi connectivity index (χ4n) is 4.46. The molecule has 1 aliphatic carbocycles. The van der Waals surface area contributed by atoms with E-state index in [2.05, 4.69) is 5.32 Å². The molecule has 0 amide bonds. The molecule has 0 saturated heterocycles. The Bertz CT molecular complexity index is 1070. The van der Waals surface area contributed by atoms with Crippen LogP contribution in [0.5, 0.6) is 0 Å². The summed E-state index contributed by atoms with van der Waals surface area (Å²) in [6.07, 6.45) is 6.98. The number of anilines is 1. The number of rotatable bonds is 8. The summed E-state index contributed by atoms with van der Waals surface area (Å²) in [4.78, 5) is 37.9. The van der Waals surface area contributed by atoms with Crippen LogP contribution in [0.15, 0.2) is 21.7 Å². The first-order valence-electron chi connectivity index (χ1n) is 11.7. The van der Waals surface area contributed by atoms with Crippen LogP contribution >= 0.6 is 0 Å². The van der Waals surface area contributed by atoms with Gasteiger partial charge in [-0.1, -0.05) is 25.7 Å². The molecule has 1 fully saturated rings. The lowest BCUT2D eigenvalue weighted by molar-refractivity contribution is -0.143. The molecule has 0 radical (unpaired) electrons. The molecule has 1 aromatic heterocycles. The van der Waals surface area contributed by atoms with Crippen LogP contribution in [0.2, 0.25) is 0 Å². The van der Waals surface area contributed by atoms with E-state index in [1.165, 1.54) is 23.5 Å². The zero-order valence-corrected chi connectivity index (χ0v) is 19.3. The highest BCUT2D eigenvalue weighted by Crippen LogP contribution is 2.26. The third kappa shape index (κ3) is 5.40. The van der Waals surface area contributed by atoms with Gasteiger partial charge in [0.05, 0.1) is 23.2 Å². The molecule has 1 saturated carbocycles. The lowest BCUT2D eigenvalue weighted by Gasteiger charge is -2.21. The molecule has 1 aliphatic rings. The van der Waals surface area contributed by atoms with Crippen molar-refractivity contribution in [3.05, 3.63) is 38.8 Å². The summed E-state index contributed by atoms with van der Waals surface area (Å²) in [7, 11) is 0. The monoisotopic (exact) mass is 447 g/mol. The second-order valence-electron chi connectivity index (χ2n) is 8.79. The first-order chi connectivity index (χ1) is 15.3. The summed E-state index contributed by atoms with van der Waals surface area (Å²) in [5, 5.41) is 3.47. The summed E-state index contributed by atoms with van der Waals surface area (Å²) >= 11 is 0. The van der Waals surface area contributed by atoms with Gasteiger partial charge in [-0.25, -0.2) is 9.18 Å². The molecule has 0 spiro atoms. The van der Waals surface area contributed by atoms with Crippen molar-refractivity contribution in [3.63, 3.8) is 0 Å². The Morgan fingerprint density at radius 2 is 1.88 bits per heavy atom. The number of hydrogen-bond acceptors (Lipinski definition) is 5. The maximum absolute atomic E-state index is 15.0. The molecule has 8 heteroatoms. The minimum atomic E-state index is -0.536. The van der Waals surface area contributed by atoms with Gasteiger partial charge in [-0.15, -0.1) is 0 Å². The number of nitrogens with one attached hydrogen (secondary N) is 1. The number of hydrogen-bond donors (Lipinski definition) is 1. The third-order valence-electron chi connectivity index (χ3n) is 6.06. The second kappa shape index (κ2) is 10.8. The fraction of sp³-hybridized carbons (Fsp3) is 0.625. The predicted octanol–water partition coefficient (Wildman–Crippen LogP) is 4.36. The van der Waals surface area contributed by atoms with E-state index in [1.54, 1.807) is 13.0 Å². The quantitative estimate of drug-likeness (QED) is 0.480. The van der Waals surface area contributed by atoms with Gasteiger partial charge in [-0.05, 0) is 52.2 Å². The first kappa shape index (κ1) is 24.0. The van der Waals surface area contributed by atoms with Crippen LogP contribution in [0, 0.1) is 5.82 Å². The number of halogens is 1. The Balaban J connectivity index is 1.99. The van der Waals surface area contributed by atoms with Crippen LogP contribution in [-0.4, -0.2) is 27.8 Å². The normalized spacial score (nSPS) is 15.2. The van der Waals surface area contributed by atoms with E-state index in [1.807, 2.05) is 13.8 Å². The van der Waals surface area contributed by atoms with Crippen LogP contribution in [-0.2, 0) is 16.1 Å². The van der Waals surface area contributed by atoms with Crippen LogP contribution in [0.3, 0.4) is 0 Å². The average Bonchev–Trinajstić information content (AvgIpc) is 3.00. The summed E-state index contributed by atoms with van der Waals surface area (Å²) in [6, 6.07) is 2.79. The SMILES string of the molecule is CCOC(=O)CCCn1c(=O)c2cc(F)c(NC3CCCCCC3)cc2n(C(C)C)c1=O. The zero-order chi connectivity index (χ0) is 23.3. The molecule has 0 bridgehead atoms. The van der Waals surface area contributed by atoms with Gasteiger partial charge in [-0.3, -0.25) is 18.7 Å². The number of carbonyl (C=O) groups excluding carboxylic acids is 1. The minimum absolute atomic E-state index is 0.0723. The summed E-state index contributed by atoms with van der Waals surface area (Å²) in [6.45, 7) is 5.79. The highest BCUT2D eigenvalue weighted by Gasteiger charge is 2.20. The number of nitrogens with zero attached hydrogens (tertiary/aromatic N) is 2. The number of ether oxygens (including phenoxy) is 1. The van der Waals surface area contributed by atoms with E-state index in [9.17, 15) is 14.4 Å². The van der Waals surface area contributed by atoms with Crippen molar-refractivity contribution in [2.75, 3.05) is 11.9 Å². The Morgan fingerprint density at radius 1 is 1.19 bits per heavy atom. The topological polar surface area (TPSA) is 82.3 Å². The molecular formula is C24H34FN3O4. The zero-order valence-electron chi connectivity index (χ0n) is 19.3. The molecule has 32 heavy (non-hydrogen) atoms. The fourth-order valence-corrected chi connectivity index (χ4v) is 4.46. The number of benzene rings is 1. The van der Waals surface area contributed by atoms with Gasteiger partial charge in [0, 0.05) is 25.0 Å². The van der Waals surface area contributed by atoms with Gasteiger partial charge < -0.3 is 10.1 Å². The smallest absolute Gasteiger partial charge is 0.331 e. The standard InChI is InChI=1S/C24H34FN3O4/c1-4-32-22(29)12-9-13-27-23(30)18-14-19(25)20(26-17-10-7-5-6-8-11-17)15-21(18)28(16(2)3)24(27)31/h14-17,26H,4-13H2,1-3H3. The van der Waals surface area contributed by atoms with Crippen molar-refractivity contribution < 1.29 is 13.9 Å². The van der Waals surface area contributed by atoms with Crippen LogP contribution < -0.4 is 16.6 Å². The van der Waals surface area contributed by atoms with Gasteiger partial charge in [0.1, 0.15) is 5.82 Å². The predicted molar refractivity (Wildman–Crippen MR) is 124 cm³/mol. The number of esters is 1. The van der Waals surface area contributed by atoms with Crippen molar-refractivity contribution in [2.45, 2.75) is 90.8 Å². The van der Waals surface area contributed by atoms with Crippen molar-refractivity contribution in [2.24, 2.45) is 0 Å². The van der Waals surface area contributed by atoms with Gasteiger partial charge in [0.25, 0.3) is 5.56 Å². The van der Waals surface area contributed by atoms with E-state index in [-0.39, 0.29) is 43.0 Å². The molecule has 0 aliphatic heterocycles. The molecular weight excluding hydrogens is 413 g/mol. The maximum atomic E-state index is 15.0. The molecule has 1 heterocycles. The number of aromatic nitrogens is 2. The van der Waals surface area contributed by atoms with E-state index in [0.29, 0.717) is 17.6 Å². The first-order valence-corrected chi connectivity index (χ1v) is 11.7. The van der Waals surface area contributed by atoms with Gasteiger partial charge in [0.15, 0.2) is 0 Å². The summed E-state index contributed by atoms with van der Waals surface area (Å²) in [5.41, 5.74) is -0.231. The number of carbonyl (C=O) groups is 1. The maximum Gasteiger partial charge on any atom is 0.331 e. The molecule has 176 valence electrons. The van der Waals surface area contributed by atoms with Gasteiger partial charge in [-0.2, -0.15) is 0 Å². The Kier molecular flexibility index (Phi) is 8.10. The van der Waals surface area contributed by atoms with Crippen LogP contribution in [0.25, 0.3) is 10.9 Å². The molecule has 2 aromatic rings. The van der Waals surface area contributed by atoms with Crippen molar-refractivity contribution in [1.29, 1.82) is 0 Å². The highest BCUT2D eigenvalue weighted by molar-refractivity contribution is 5.82. The Hall–Kier alpha value is -2.64. The number of fused-ring (bicyclic) bond motifs is 1. The Morgan fingerprint density at radius 3 is 2.50 bits per heavy atom. The minimum Gasteiger partial charge on any atom is -0.466 e. The van der Waals surface area contributed by atoms with E-state index in [0.717, 1.165) is 30.3 Å². The third-order valence-corrected chi connectivity index (χ3v) is 6.06. The molecule has 3 rings (SSSR count). The van der Waals surface area contributed by atoms with Crippen LogP contribution in [0.1, 0.15) is 78.2 Å². The van der Waals surface area contributed by atoms with Gasteiger partial charge >= 0.3 is 11.7 Å². The Labute approximate surface area is 187 Å². The van der Waals surface area contributed by atoms with E-state index >= 15 is 4.39 Å². The molecule has 0 unspecified atom stereocenters. The van der Waals surface area contributed by atoms with E-state index < -0.39 is 17.1 Å². The van der Waals surface area contributed by atoms with E-state index in [4.69, 9.17) is 4.74 Å². The van der Waals surface area contributed by atoms with Gasteiger partial charge in [0.2, 0.25) is 0 Å².